The molecule has 3 fully saturated rings. The van der Waals surface area contributed by atoms with Gasteiger partial charge in [-0.25, -0.2) is 0 Å². The fraction of sp³-hybridized carbons (Fsp3) is 0.722. The molecule has 0 N–H and O–H groups in total. The van der Waals surface area contributed by atoms with Gasteiger partial charge in [0, 0.05) is 25.0 Å². The molecule has 2 aliphatic heterocycles. The first-order valence-electron chi connectivity index (χ1n) is 9.43. The highest BCUT2D eigenvalue weighted by molar-refractivity contribution is 5.38. The molecular weight excluding hydrogens is 302 g/mol. The number of hydrogen-bond donors (Lipinski definition) is 0. The molecule has 2 saturated heterocycles. The second kappa shape index (κ2) is 6.08. The molecule has 0 spiro atoms. The molecule has 6 nitrogen and oxygen atoms in total. The van der Waals surface area contributed by atoms with Crippen molar-refractivity contribution in [1.29, 1.82) is 0 Å². The molecule has 0 aromatic carbocycles. The van der Waals surface area contributed by atoms with Crippen LogP contribution in [0.4, 0.5) is 0 Å². The van der Waals surface area contributed by atoms with Gasteiger partial charge in [0.25, 0.3) is 0 Å². The summed E-state index contributed by atoms with van der Waals surface area (Å²) in [7, 11) is 0. The summed E-state index contributed by atoms with van der Waals surface area (Å²) in [6, 6.07) is 4.19. The number of likely N-dealkylation sites (tertiary alicyclic amines) is 1. The molecule has 4 heterocycles. The number of ether oxygens (including phenoxy) is 1. The number of nitrogens with zero attached hydrogens (tertiary/aromatic N) is 5. The maximum Gasteiger partial charge on any atom is 0.177 e. The van der Waals surface area contributed by atoms with Crippen LogP contribution in [0.2, 0.25) is 0 Å². The number of rotatable bonds is 4. The van der Waals surface area contributed by atoms with Gasteiger partial charge < -0.3 is 9.64 Å². The maximum atomic E-state index is 5.78. The fourth-order valence-corrected chi connectivity index (χ4v) is 4.12. The van der Waals surface area contributed by atoms with Crippen LogP contribution in [0.1, 0.15) is 61.9 Å². The minimum absolute atomic E-state index is 0.457. The zero-order valence-electron chi connectivity index (χ0n) is 14.1. The van der Waals surface area contributed by atoms with Crippen LogP contribution in [0.5, 0.6) is 0 Å². The van der Waals surface area contributed by atoms with Crippen molar-refractivity contribution in [3.05, 3.63) is 23.7 Å². The van der Waals surface area contributed by atoms with E-state index in [0.29, 0.717) is 17.9 Å². The average Bonchev–Trinajstić information content (AvgIpc) is 3.18. The van der Waals surface area contributed by atoms with Crippen molar-refractivity contribution < 1.29 is 4.74 Å². The van der Waals surface area contributed by atoms with Gasteiger partial charge in [-0.05, 0) is 63.7 Å². The van der Waals surface area contributed by atoms with Crippen molar-refractivity contribution in [1.82, 2.24) is 24.7 Å². The van der Waals surface area contributed by atoms with Gasteiger partial charge in [0.05, 0.1) is 11.8 Å². The molecule has 0 radical (unpaired) electrons. The van der Waals surface area contributed by atoms with Gasteiger partial charge in [-0.15, -0.1) is 10.2 Å². The SMILES string of the molecule is c1cc2nnc(C3CCN(CC4CCCO4)CC3)n2nc1C1CC1. The predicted molar refractivity (Wildman–Crippen MR) is 90.1 cm³/mol. The Bertz CT molecular complexity index is 711. The number of piperidine rings is 1. The number of hydrogen-bond acceptors (Lipinski definition) is 5. The summed E-state index contributed by atoms with van der Waals surface area (Å²) < 4.78 is 7.78. The molecule has 128 valence electrons. The molecule has 5 rings (SSSR count). The summed E-state index contributed by atoms with van der Waals surface area (Å²) in [5.74, 6) is 2.20. The summed E-state index contributed by atoms with van der Waals surface area (Å²) in [6.45, 7) is 4.29. The molecule has 0 bridgehead atoms. The Kier molecular flexibility index (Phi) is 3.74. The van der Waals surface area contributed by atoms with E-state index in [0.717, 1.165) is 50.6 Å². The molecule has 3 aliphatic rings. The zero-order chi connectivity index (χ0) is 15.9. The van der Waals surface area contributed by atoms with Crippen LogP contribution in [0.25, 0.3) is 5.65 Å². The van der Waals surface area contributed by atoms with Crippen molar-refractivity contribution in [2.24, 2.45) is 0 Å². The monoisotopic (exact) mass is 327 g/mol. The van der Waals surface area contributed by atoms with Gasteiger partial charge >= 0.3 is 0 Å². The minimum atomic E-state index is 0.457. The highest BCUT2D eigenvalue weighted by Gasteiger charge is 2.29. The van der Waals surface area contributed by atoms with E-state index in [1.807, 2.05) is 4.52 Å². The smallest absolute Gasteiger partial charge is 0.177 e. The Morgan fingerprint density at radius 3 is 2.62 bits per heavy atom. The van der Waals surface area contributed by atoms with E-state index in [-0.39, 0.29) is 0 Å². The van der Waals surface area contributed by atoms with E-state index in [9.17, 15) is 0 Å². The Labute approximate surface area is 142 Å². The molecular formula is C18H25N5O. The quantitative estimate of drug-likeness (QED) is 0.863. The van der Waals surface area contributed by atoms with E-state index in [2.05, 4.69) is 27.2 Å². The number of aromatic nitrogens is 4. The van der Waals surface area contributed by atoms with Crippen LogP contribution in [0.3, 0.4) is 0 Å². The third-order valence-corrected chi connectivity index (χ3v) is 5.74. The maximum absolute atomic E-state index is 5.78. The molecule has 1 saturated carbocycles. The molecule has 1 aliphatic carbocycles. The van der Waals surface area contributed by atoms with Crippen LogP contribution >= 0.6 is 0 Å². The third kappa shape index (κ3) is 2.82. The van der Waals surface area contributed by atoms with Crippen LogP contribution in [-0.2, 0) is 4.74 Å². The highest BCUT2D eigenvalue weighted by Crippen LogP contribution is 2.39. The standard InChI is InChI=1S/C18H25N5O/c1-2-15(24-11-1)12-22-9-7-14(8-10-22)18-20-19-17-6-5-16(13-3-4-13)21-23(17)18/h5-6,13-15H,1-4,7-12H2. The Balaban J connectivity index is 1.28. The third-order valence-electron chi connectivity index (χ3n) is 5.74. The van der Waals surface area contributed by atoms with Gasteiger partial charge in [0.15, 0.2) is 11.5 Å². The van der Waals surface area contributed by atoms with E-state index in [1.165, 1.54) is 31.4 Å². The molecule has 2 aromatic rings. The van der Waals surface area contributed by atoms with Crippen molar-refractivity contribution in [2.75, 3.05) is 26.2 Å². The van der Waals surface area contributed by atoms with Gasteiger partial charge in [0.2, 0.25) is 0 Å². The second-order valence-electron chi connectivity index (χ2n) is 7.57. The topological polar surface area (TPSA) is 55.5 Å². The lowest BCUT2D eigenvalue weighted by atomic mass is 9.96. The second-order valence-corrected chi connectivity index (χ2v) is 7.57. The van der Waals surface area contributed by atoms with E-state index >= 15 is 0 Å². The molecule has 6 heteroatoms. The normalized spacial score (nSPS) is 26.4. The van der Waals surface area contributed by atoms with E-state index in [1.54, 1.807) is 0 Å². The van der Waals surface area contributed by atoms with Crippen LogP contribution in [-0.4, -0.2) is 57.1 Å². The van der Waals surface area contributed by atoms with Crippen LogP contribution < -0.4 is 0 Å². The molecule has 2 aromatic heterocycles. The summed E-state index contributed by atoms with van der Waals surface area (Å²) >= 11 is 0. The van der Waals surface area contributed by atoms with E-state index < -0.39 is 0 Å². The summed E-state index contributed by atoms with van der Waals surface area (Å²) in [5, 5.41) is 13.6. The Morgan fingerprint density at radius 2 is 1.88 bits per heavy atom. The Hall–Kier alpha value is -1.53. The number of fused-ring (bicyclic) bond motifs is 1. The molecule has 0 amide bonds. The summed E-state index contributed by atoms with van der Waals surface area (Å²) in [5.41, 5.74) is 2.09. The first-order valence-corrected chi connectivity index (χ1v) is 9.43. The predicted octanol–water partition coefficient (Wildman–Crippen LogP) is 2.36. The highest BCUT2D eigenvalue weighted by atomic mass is 16.5. The van der Waals surface area contributed by atoms with E-state index in [4.69, 9.17) is 9.84 Å². The van der Waals surface area contributed by atoms with Gasteiger partial charge in [-0.2, -0.15) is 9.61 Å². The molecule has 1 unspecified atom stereocenters. The lowest BCUT2D eigenvalue weighted by molar-refractivity contribution is 0.0639. The lowest BCUT2D eigenvalue weighted by Crippen LogP contribution is -2.38. The minimum Gasteiger partial charge on any atom is -0.377 e. The van der Waals surface area contributed by atoms with Crippen LogP contribution in [0, 0.1) is 0 Å². The zero-order valence-corrected chi connectivity index (χ0v) is 14.1. The van der Waals surface area contributed by atoms with Crippen molar-refractivity contribution in [3.63, 3.8) is 0 Å². The molecule has 1 atom stereocenters. The van der Waals surface area contributed by atoms with Gasteiger partial charge in [0.1, 0.15) is 0 Å². The largest absolute Gasteiger partial charge is 0.377 e. The Morgan fingerprint density at radius 1 is 1.00 bits per heavy atom. The van der Waals surface area contributed by atoms with Crippen LogP contribution in [0.15, 0.2) is 12.1 Å². The van der Waals surface area contributed by atoms with Crippen molar-refractivity contribution in [3.8, 4) is 0 Å². The first-order chi connectivity index (χ1) is 11.9. The lowest BCUT2D eigenvalue weighted by Gasteiger charge is -2.32. The van der Waals surface area contributed by atoms with Gasteiger partial charge in [-0.3, -0.25) is 0 Å². The van der Waals surface area contributed by atoms with Crippen molar-refractivity contribution in [2.45, 2.75) is 56.5 Å². The fourth-order valence-electron chi connectivity index (χ4n) is 4.12. The summed E-state index contributed by atoms with van der Waals surface area (Å²) in [6.07, 6.45) is 7.74. The van der Waals surface area contributed by atoms with Crippen molar-refractivity contribution >= 4 is 5.65 Å². The summed E-state index contributed by atoms with van der Waals surface area (Å²) in [4.78, 5) is 2.55. The van der Waals surface area contributed by atoms with Gasteiger partial charge in [-0.1, -0.05) is 0 Å². The molecule has 24 heavy (non-hydrogen) atoms. The average molecular weight is 327 g/mol. The first kappa shape index (κ1) is 14.8.